The summed E-state index contributed by atoms with van der Waals surface area (Å²) >= 11 is 3.41. The van der Waals surface area contributed by atoms with Crippen molar-refractivity contribution in [3.05, 3.63) is 69.5 Å². The molecule has 0 radical (unpaired) electrons. The van der Waals surface area contributed by atoms with Crippen LogP contribution in [0.4, 0.5) is 0 Å². The molecule has 0 saturated heterocycles. The predicted molar refractivity (Wildman–Crippen MR) is 104 cm³/mol. The Morgan fingerprint density at radius 3 is 2.81 bits per heavy atom. The van der Waals surface area contributed by atoms with E-state index in [4.69, 9.17) is 4.74 Å². The maximum absolute atomic E-state index is 13.1. The first kappa shape index (κ1) is 17.7. The van der Waals surface area contributed by atoms with Crippen molar-refractivity contribution in [2.24, 2.45) is 0 Å². The first-order chi connectivity index (χ1) is 13.0. The Labute approximate surface area is 164 Å². The van der Waals surface area contributed by atoms with Gasteiger partial charge in [0.05, 0.1) is 24.2 Å². The molecule has 4 rings (SSSR count). The molecule has 0 saturated carbocycles. The van der Waals surface area contributed by atoms with Gasteiger partial charge in [-0.05, 0) is 70.7 Å². The van der Waals surface area contributed by atoms with E-state index in [1.807, 2.05) is 37.4 Å². The summed E-state index contributed by atoms with van der Waals surface area (Å²) in [5.74, 6) is -0.490. The summed E-state index contributed by atoms with van der Waals surface area (Å²) in [4.78, 5) is 26.8. The summed E-state index contributed by atoms with van der Waals surface area (Å²) in [6.45, 7) is 2.59. The van der Waals surface area contributed by atoms with Gasteiger partial charge in [0.2, 0.25) is 0 Å². The van der Waals surface area contributed by atoms with Gasteiger partial charge in [0, 0.05) is 17.2 Å². The number of methoxy groups -OCH3 is 1. The largest absolute Gasteiger partial charge is 0.465 e. The minimum absolute atomic E-state index is 0.114. The Balaban J connectivity index is 1.66. The number of carbonyl (C=O) groups excluding carboxylic acids is 2. The highest BCUT2D eigenvalue weighted by Crippen LogP contribution is 2.31. The Morgan fingerprint density at radius 1 is 1.22 bits per heavy atom. The van der Waals surface area contributed by atoms with Crippen LogP contribution in [0.1, 0.15) is 44.9 Å². The molecule has 1 unspecified atom stereocenters. The quantitative estimate of drug-likeness (QED) is 0.585. The van der Waals surface area contributed by atoms with Crippen LogP contribution in [0.3, 0.4) is 0 Å². The van der Waals surface area contributed by atoms with Crippen LogP contribution < -0.4 is 0 Å². The molecule has 0 spiro atoms. The zero-order chi connectivity index (χ0) is 19.1. The fourth-order valence-corrected chi connectivity index (χ4v) is 3.88. The molecule has 27 heavy (non-hydrogen) atoms. The van der Waals surface area contributed by atoms with E-state index in [9.17, 15) is 9.59 Å². The molecule has 0 N–H and O–H groups in total. The summed E-state index contributed by atoms with van der Waals surface area (Å²) in [5.41, 5.74) is 3.89. The second kappa shape index (κ2) is 6.81. The maximum atomic E-state index is 13.1. The number of ether oxygens (including phenoxy) is 1. The van der Waals surface area contributed by atoms with E-state index in [-0.39, 0.29) is 17.9 Å². The Kier molecular flexibility index (Phi) is 4.47. The standard InChI is InChI=1S/C20H18BrN3O3/c1-12-17-9-14(20(26)27-2)4-3-13(17)7-8-23(12)19(25)18-10-16-6-5-15(21)11-24(16)22-18/h3-6,9-12H,7-8H2,1-2H3. The smallest absolute Gasteiger partial charge is 0.337 e. The highest BCUT2D eigenvalue weighted by atomic mass is 79.9. The molecule has 1 aliphatic heterocycles. The van der Waals surface area contributed by atoms with Crippen molar-refractivity contribution in [2.75, 3.05) is 13.7 Å². The summed E-state index contributed by atoms with van der Waals surface area (Å²) in [7, 11) is 1.36. The average molecular weight is 428 g/mol. The van der Waals surface area contributed by atoms with E-state index in [2.05, 4.69) is 21.0 Å². The second-order valence-corrected chi connectivity index (χ2v) is 7.49. The molecule has 0 aliphatic carbocycles. The second-order valence-electron chi connectivity index (χ2n) is 6.58. The number of esters is 1. The van der Waals surface area contributed by atoms with Crippen LogP contribution in [0, 0.1) is 0 Å². The lowest BCUT2D eigenvalue weighted by molar-refractivity contribution is 0.0600. The van der Waals surface area contributed by atoms with Crippen LogP contribution in [-0.4, -0.2) is 40.0 Å². The SMILES string of the molecule is COC(=O)c1ccc2c(c1)C(C)N(C(=O)c1cc3ccc(Br)cn3n1)CC2. The molecule has 1 aliphatic rings. The Morgan fingerprint density at radius 2 is 2.04 bits per heavy atom. The molecule has 2 aromatic heterocycles. The maximum Gasteiger partial charge on any atom is 0.337 e. The summed E-state index contributed by atoms with van der Waals surface area (Å²) in [5, 5.41) is 4.42. The lowest BCUT2D eigenvalue weighted by atomic mass is 9.91. The average Bonchev–Trinajstić information content (AvgIpc) is 3.10. The van der Waals surface area contributed by atoms with Crippen molar-refractivity contribution >= 4 is 33.3 Å². The van der Waals surface area contributed by atoms with Gasteiger partial charge in [0.25, 0.3) is 5.91 Å². The van der Waals surface area contributed by atoms with Crippen molar-refractivity contribution < 1.29 is 14.3 Å². The van der Waals surface area contributed by atoms with Gasteiger partial charge in [0.15, 0.2) is 5.69 Å². The Hall–Kier alpha value is -2.67. The van der Waals surface area contributed by atoms with Gasteiger partial charge in [-0.25, -0.2) is 9.31 Å². The number of hydrogen-bond acceptors (Lipinski definition) is 4. The van der Waals surface area contributed by atoms with Gasteiger partial charge in [-0.2, -0.15) is 5.10 Å². The van der Waals surface area contributed by atoms with Gasteiger partial charge >= 0.3 is 5.97 Å². The van der Waals surface area contributed by atoms with Crippen LogP contribution in [0.25, 0.3) is 5.52 Å². The molecule has 3 heterocycles. The molecule has 1 aromatic carbocycles. The fraction of sp³-hybridized carbons (Fsp3) is 0.250. The number of benzene rings is 1. The number of nitrogens with zero attached hydrogens (tertiary/aromatic N) is 3. The molecular weight excluding hydrogens is 410 g/mol. The number of carbonyl (C=O) groups is 2. The molecule has 1 amide bonds. The minimum Gasteiger partial charge on any atom is -0.465 e. The molecule has 7 heteroatoms. The monoisotopic (exact) mass is 427 g/mol. The van der Waals surface area contributed by atoms with Gasteiger partial charge in [-0.1, -0.05) is 6.07 Å². The molecule has 0 fully saturated rings. The third kappa shape index (κ3) is 3.12. The lowest BCUT2D eigenvalue weighted by Crippen LogP contribution is -2.39. The van der Waals surface area contributed by atoms with Gasteiger partial charge in [0.1, 0.15) is 0 Å². The number of halogens is 1. The van der Waals surface area contributed by atoms with Crippen molar-refractivity contribution in [1.82, 2.24) is 14.5 Å². The zero-order valence-electron chi connectivity index (χ0n) is 15.0. The number of aromatic nitrogens is 2. The van der Waals surface area contributed by atoms with Crippen molar-refractivity contribution in [2.45, 2.75) is 19.4 Å². The van der Waals surface area contributed by atoms with Crippen LogP contribution in [-0.2, 0) is 11.2 Å². The molecule has 6 nitrogen and oxygen atoms in total. The van der Waals surface area contributed by atoms with E-state index in [1.54, 1.807) is 21.5 Å². The van der Waals surface area contributed by atoms with Gasteiger partial charge in [-0.3, -0.25) is 4.79 Å². The van der Waals surface area contributed by atoms with Gasteiger partial charge in [-0.15, -0.1) is 0 Å². The zero-order valence-corrected chi connectivity index (χ0v) is 16.6. The van der Waals surface area contributed by atoms with Crippen molar-refractivity contribution in [3.63, 3.8) is 0 Å². The van der Waals surface area contributed by atoms with E-state index in [0.717, 1.165) is 27.5 Å². The number of hydrogen-bond donors (Lipinski definition) is 0. The summed E-state index contributed by atoms with van der Waals surface area (Å²) in [6.07, 6.45) is 2.56. The van der Waals surface area contributed by atoms with E-state index < -0.39 is 0 Å². The molecule has 1 atom stereocenters. The molecule has 138 valence electrons. The third-order valence-corrected chi connectivity index (χ3v) is 5.48. The fourth-order valence-electron chi connectivity index (χ4n) is 3.55. The highest BCUT2D eigenvalue weighted by molar-refractivity contribution is 9.10. The lowest BCUT2D eigenvalue weighted by Gasteiger charge is -2.35. The Bertz CT molecular complexity index is 1060. The predicted octanol–water partition coefficient (Wildman–Crippen LogP) is 3.64. The van der Waals surface area contributed by atoms with Crippen LogP contribution in [0.2, 0.25) is 0 Å². The van der Waals surface area contributed by atoms with Crippen LogP contribution >= 0.6 is 15.9 Å². The van der Waals surface area contributed by atoms with Gasteiger partial charge < -0.3 is 9.64 Å². The van der Waals surface area contributed by atoms with Crippen molar-refractivity contribution in [3.8, 4) is 0 Å². The van der Waals surface area contributed by atoms with Crippen LogP contribution in [0.5, 0.6) is 0 Å². The van der Waals surface area contributed by atoms with Crippen LogP contribution in [0.15, 0.2) is 47.1 Å². The topological polar surface area (TPSA) is 63.9 Å². The first-order valence-corrected chi connectivity index (χ1v) is 9.44. The summed E-state index contributed by atoms with van der Waals surface area (Å²) < 4.78 is 7.40. The van der Waals surface area contributed by atoms with E-state index in [1.165, 1.54) is 7.11 Å². The normalized spacial score (nSPS) is 16.3. The number of amides is 1. The van der Waals surface area contributed by atoms with E-state index >= 15 is 0 Å². The third-order valence-electron chi connectivity index (χ3n) is 5.01. The van der Waals surface area contributed by atoms with Crippen molar-refractivity contribution in [1.29, 1.82) is 0 Å². The molecule has 3 aromatic rings. The highest BCUT2D eigenvalue weighted by Gasteiger charge is 2.30. The number of pyridine rings is 1. The first-order valence-electron chi connectivity index (χ1n) is 8.65. The number of rotatable bonds is 2. The minimum atomic E-state index is -0.376. The summed E-state index contributed by atoms with van der Waals surface area (Å²) in [6, 6.07) is 11.0. The molecule has 0 bridgehead atoms. The number of fused-ring (bicyclic) bond motifs is 2. The molecular formula is C20H18BrN3O3. The van der Waals surface area contributed by atoms with E-state index in [0.29, 0.717) is 17.8 Å².